The lowest BCUT2D eigenvalue weighted by Crippen LogP contribution is -2.04. The van der Waals surface area contributed by atoms with Gasteiger partial charge in [-0.05, 0) is 121 Å². The summed E-state index contributed by atoms with van der Waals surface area (Å²) in [5, 5.41) is 13.7. The number of fused-ring (bicyclic) bond motifs is 11. The van der Waals surface area contributed by atoms with Crippen molar-refractivity contribution in [3.05, 3.63) is 297 Å². The van der Waals surface area contributed by atoms with E-state index in [0.717, 1.165) is 116 Å². The standard InChI is InChI=1S/C79H49N5/c1-4-20-50(21-5-1)55-29-18-30-59(44-55)67-49-70(63-42-41-58(51-22-6-2-7-23-51)47-69(63)76(67)84-73-48-57-28-13-12-27-56(57)46-68(73)64-43-40-53-25-14-15-33-62(53)75(64)84)79-81-77(60-39-38-52-24-10-11-26-54(52)45-60)80-78(82-79)66-35-19-37-72-74(66)65-34-16-17-36-71(65)83(72)61-31-8-3-9-32-61/h1-49H. The first kappa shape index (κ1) is 47.5. The number of nitrogens with zero attached hydrogens (tertiary/aromatic N) is 5. The third-order valence-electron chi connectivity index (χ3n) is 17.1. The SMILES string of the molecule is c1ccc(-c2cccc(-c3cc(-c4nc(-c5ccc6ccccc6c5)nc(-c5cccc6c5c5ccccc5n6-c5ccccc5)n4)c4ccc(-c5ccccc5)cc4c3-n3c4cc5ccccc5cc4c4ccc5ccccc5c43)c2)cc1. The van der Waals surface area contributed by atoms with Crippen LogP contribution in [0, 0.1) is 0 Å². The van der Waals surface area contributed by atoms with Crippen LogP contribution < -0.4 is 0 Å². The van der Waals surface area contributed by atoms with Crippen LogP contribution >= 0.6 is 0 Å². The Balaban J connectivity index is 1.03. The van der Waals surface area contributed by atoms with Gasteiger partial charge in [-0.2, -0.15) is 0 Å². The fraction of sp³-hybridized carbons (Fsp3) is 0. The molecule has 0 unspecified atom stereocenters. The average molecular weight is 1070 g/mol. The predicted octanol–water partition coefficient (Wildman–Crippen LogP) is 20.7. The van der Waals surface area contributed by atoms with E-state index < -0.39 is 0 Å². The van der Waals surface area contributed by atoms with E-state index in [0.29, 0.717) is 17.5 Å². The zero-order valence-electron chi connectivity index (χ0n) is 45.5. The smallest absolute Gasteiger partial charge is 0.164 e. The van der Waals surface area contributed by atoms with Crippen molar-refractivity contribution in [1.82, 2.24) is 24.1 Å². The van der Waals surface area contributed by atoms with Gasteiger partial charge in [0.2, 0.25) is 0 Å². The van der Waals surface area contributed by atoms with Gasteiger partial charge in [-0.3, -0.25) is 0 Å². The Morgan fingerprint density at radius 1 is 0.226 bits per heavy atom. The van der Waals surface area contributed by atoms with E-state index in [1.165, 1.54) is 32.3 Å². The minimum Gasteiger partial charge on any atom is -0.309 e. The van der Waals surface area contributed by atoms with E-state index in [4.69, 9.17) is 15.0 Å². The first-order valence-electron chi connectivity index (χ1n) is 28.7. The Labute approximate surface area is 484 Å². The van der Waals surface area contributed by atoms with Crippen LogP contribution in [-0.2, 0) is 0 Å². The van der Waals surface area contributed by atoms with Crippen LogP contribution in [0.4, 0.5) is 0 Å². The van der Waals surface area contributed by atoms with Gasteiger partial charge < -0.3 is 9.13 Å². The van der Waals surface area contributed by atoms with Crippen LogP contribution in [0.2, 0.25) is 0 Å². The van der Waals surface area contributed by atoms with Crippen molar-refractivity contribution < 1.29 is 0 Å². The third kappa shape index (κ3) is 7.67. The lowest BCUT2D eigenvalue weighted by Gasteiger charge is -2.22. The molecule has 17 rings (SSSR count). The van der Waals surface area contributed by atoms with Crippen molar-refractivity contribution in [1.29, 1.82) is 0 Å². The lowest BCUT2D eigenvalue weighted by atomic mass is 9.90. The molecule has 0 saturated carbocycles. The summed E-state index contributed by atoms with van der Waals surface area (Å²) < 4.78 is 4.93. The largest absolute Gasteiger partial charge is 0.309 e. The van der Waals surface area contributed by atoms with E-state index in [1.807, 2.05) is 0 Å². The molecule has 5 nitrogen and oxygen atoms in total. The van der Waals surface area contributed by atoms with Crippen LogP contribution in [0.3, 0.4) is 0 Å². The highest BCUT2D eigenvalue weighted by atomic mass is 15.0. The highest BCUT2D eigenvalue weighted by molar-refractivity contribution is 6.23. The summed E-state index contributed by atoms with van der Waals surface area (Å²) in [7, 11) is 0. The van der Waals surface area contributed by atoms with Crippen molar-refractivity contribution in [3.8, 4) is 78.9 Å². The second-order valence-corrected chi connectivity index (χ2v) is 21.9. The van der Waals surface area contributed by atoms with Gasteiger partial charge in [-0.15, -0.1) is 0 Å². The van der Waals surface area contributed by atoms with Crippen LogP contribution in [0.1, 0.15) is 0 Å². The van der Waals surface area contributed by atoms with Gasteiger partial charge in [-0.1, -0.05) is 237 Å². The zero-order valence-corrected chi connectivity index (χ0v) is 45.5. The molecular weight excluding hydrogens is 1020 g/mol. The van der Waals surface area contributed by atoms with Gasteiger partial charge in [0.15, 0.2) is 17.5 Å². The van der Waals surface area contributed by atoms with Crippen molar-refractivity contribution in [2.24, 2.45) is 0 Å². The van der Waals surface area contributed by atoms with Crippen LogP contribution in [-0.4, -0.2) is 24.1 Å². The summed E-state index contributed by atoms with van der Waals surface area (Å²) in [5.41, 5.74) is 16.0. The quantitative estimate of drug-likeness (QED) is 0.152. The molecule has 14 aromatic carbocycles. The highest BCUT2D eigenvalue weighted by Gasteiger charge is 2.26. The van der Waals surface area contributed by atoms with Crippen molar-refractivity contribution in [3.63, 3.8) is 0 Å². The van der Waals surface area contributed by atoms with Crippen molar-refractivity contribution >= 4 is 86.7 Å². The first-order chi connectivity index (χ1) is 41.6. The molecule has 0 atom stereocenters. The lowest BCUT2D eigenvalue weighted by molar-refractivity contribution is 1.08. The molecule has 0 aliphatic rings. The van der Waals surface area contributed by atoms with E-state index in [1.54, 1.807) is 0 Å². The zero-order chi connectivity index (χ0) is 55.2. The minimum absolute atomic E-state index is 0.579. The summed E-state index contributed by atoms with van der Waals surface area (Å²) in [4.78, 5) is 17.0. The maximum absolute atomic E-state index is 5.76. The molecule has 17 aromatic rings. The van der Waals surface area contributed by atoms with Crippen molar-refractivity contribution in [2.75, 3.05) is 0 Å². The molecule has 3 heterocycles. The summed E-state index contributed by atoms with van der Waals surface area (Å²) >= 11 is 0. The van der Waals surface area contributed by atoms with Crippen LogP contribution in [0.25, 0.3) is 166 Å². The highest BCUT2D eigenvalue weighted by Crippen LogP contribution is 2.48. The first-order valence-corrected chi connectivity index (χ1v) is 28.7. The molecule has 3 aromatic heterocycles. The summed E-state index contributed by atoms with van der Waals surface area (Å²) in [6.45, 7) is 0. The second-order valence-electron chi connectivity index (χ2n) is 21.9. The number of aromatic nitrogens is 5. The predicted molar refractivity (Wildman–Crippen MR) is 351 cm³/mol. The van der Waals surface area contributed by atoms with E-state index >= 15 is 0 Å². The van der Waals surface area contributed by atoms with Gasteiger partial charge in [0, 0.05) is 60.3 Å². The second kappa shape index (κ2) is 19.2. The van der Waals surface area contributed by atoms with Gasteiger partial charge >= 0.3 is 0 Å². The molecule has 0 saturated heterocycles. The molecule has 390 valence electrons. The third-order valence-corrected chi connectivity index (χ3v) is 17.1. The molecule has 0 radical (unpaired) electrons. The molecule has 0 fully saturated rings. The maximum atomic E-state index is 5.76. The fourth-order valence-corrected chi connectivity index (χ4v) is 13.2. The summed E-state index contributed by atoms with van der Waals surface area (Å²) in [6.07, 6.45) is 0. The number of hydrogen-bond acceptors (Lipinski definition) is 3. The van der Waals surface area contributed by atoms with E-state index in [9.17, 15) is 0 Å². The monoisotopic (exact) mass is 1070 g/mol. The number of benzene rings is 14. The molecule has 84 heavy (non-hydrogen) atoms. The fourth-order valence-electron chi connectivity index (χ4n) is 13.2. The summed E-state index contributed by atoms with van der Waals surface area (Å²) in [6, 6.07) is 108. The molecule has 0 aliphatic carbocycles. The average Bonchev–Trinajstić information content (AvgIpc) is 2.28. The van der Waals surface area contributed by atoms with E-state index in [-0.39, 0.29) is 0 Å². The number of para-hydroxylation sites is 2. The minimum atomic E-state index is 0.579. The Morgan fingerprint density at radius 3 is 1.55 bits per heavy atom. The summed E-state index contributed by atoms with van der Waals surface area (Å²) in [5.74, 6) is 1.77. The van der Waals surface area contributed by atoms with Gasteiger partial charge in [0.05, 0.1) is 27.8 Å². The molecular formula is C79H49N5. The maximum Gasteiger partial charge on any atom is 0.164 e. The molecule has 0 bridgehead atoms. The Bertz CT molecular complexity index is 5490. The van der Waals surface area contributed by atoms with Crippen LogP contribution in [0.5, 0.6) is 0 Å². The Hall–Kier alpha value is -11.3. The van der Waals surface area contributed by atoms with Crippen LogP contribution in [0.15, 0.2) is 297 Å². The normalized spacial score (nSPS) is 11.8. The van der Waals surface area contributed by atoms with Gasteiger partial charge in [-0.25, -0.2) is 15.0 Å². The molecule has 0 amide bonds. The molecule has 5 heteroatoms. The van der Waals surface area contributed by atoms with Crippen molar-refractivity contribution in [2.45, 2.75) is 0 Å². The molecule has 0 aliphatic heterocycles. The van der Waals surface area contributed by atoms with Gasteiger partial charge in [0.25, 0.3) is 0 Å². The Kier molecular flexibility index (Phi) is 10.9. The molecule has 0 spiro atoms. The molecule has 0 N–H and O–H groups in total. The number of hydrogen-bond donors (Lipinski definition) is 0. The van der Waals surface area contributed by atoms with Gasteiger partial charge in [0.1, 0.15) is 0 Å². The topological polar surface area (TPSA) is 48.5 Å². The number of rotatable bonds is 8. The Morgan fingerprint density at radius 2 is 0.774 bits per heavy atom. The van der Waals surface area contributed by atoms with E-state index in [2.05, 4.69) is 306 Å².